The van der Waals surface area contributed by atoms with E-state index >= 15 is 0 Å². The number of para-hydroxylation sites is 2. The monoisotopic (exact) mass is 456 g/mol. The zero-order chi connectivity index (χ0) is 24.1. The molecule has 1 unspecified atom stereocenters. The van der Waals surface area contributed by atoms with Crippen molar-refractivity contribution >= 4 is 46.4 Å². The Morgan fingerprint density at radius 3 is 1.94 bits per heavy atom. The fourth-order valence-electron chi connectivity index (χ4n) is 3.52. The number of rotatable bonds is 5. The van der Waals surface area contributed by atoms with Crippen LogP contribution in [-0.4, -0.2) is 23.1 Å². The summed E-state index contributed by atoms with van der Waals surface area (Å²) in [6.45, 7) is 0. The Bertz CT molecular complexity index is 1290. The number of benzene rings is 3. The van der Waals surface area contributed by atoms with Gasteiger partial charge in [-0.05, 0) is 36.4 Å². The molecule has 0 spiro atoms. The van der Waals surface area contributed by atoms with E-state index < -0.39 is 30.0 Å². The Hall–Kier alpha value is -4.88. The molecule has 5 amide bonds. The van der Waals surface area contributed by atoms with Gasteiger partial charge in [0.05, 0.1) is 23.9 Å². The zero-order valence-corrected chi connectivity index (χ0v) is 17.8. The lowest BCUT2D eigenvalue weighted by molar-refractivity contribution is -0.133. The second-order valence-electron chi connectivity index (χ2n) is 7.49. The normalized spacial score (nSPS) is 15.9. The van der Waals surface area contributed by atoms with Crippen LogP contribution < -0.4 is 26.6 Å². The first-order valence-electron chi connectivity index (χ1n) is 10.2. The number of aliphatic hydroxyl groups is 1. The maximum atomic E-state index is 12.6. The molecule has 0 aromatic heterocycles. The molecular weight excluding hydrogens is 436 g/mol. The average Bonchev–Trinajstić information content (AvgIpc) is 3.05. The van der Waals surface area contributed by atoms with E-state index in [0.717, 1.165) is 0 Å². The van der Waals surface area contributed by atoms with Crippen LogP contribution >= 0.6 is 0 Å². The molecule has 1 atom stereocenters. The van der Waals surface area contributed by atoms with Crippen molar-refractivity contribution in [3.63, 3.8) is 0 Å². The van der Waals surface area contributed by atoms with Crippen molar-refractivity contribution in [2.24, 2.45) is 0 Å². The Balaban J connectivity index is 1.64. The third-order valence-corrected chi connectivity index (χ3v) is 5.10. The maximum absolute atomic E-state index is 12.6. The van der Waals surface area contributed by atoms with E-state index in [-0.39, 0.29) is 22.6 Å². The van der Waals surface area contributed by atoms with Gasteiger partial charge >= 0.3 is 12.1 Å². The highest BCUT2D eigenvalue weighted by atomic mass is 16.3. The van der Waals surface area contributed by atoms with Crippen LogP contribution in [0, 0.1) is 11.3 Å². The topological polar surface area (TPSA) is 155 Å². The minimum Gasteiger partial charge on any atom is -0.374 e. The summed E-state index contributed by atoms with van der Waals surface area (Å²) < 4.78 is 0. The molecule has 3 aromatic carbocycles. The van der Waals surface area contributed by atoms with E-state index in [2.05, 4.69) is 26.6 Å². The number of carbonyl (C=O) groups is 3. The fourth-order valence-corrected chi connectivity index (χ4v) is 3.52. The predicted octanol–water partition coefficient (Wildman–Crippen LogP) is 4.03. The summed E-state index contributed by atoms with van der Waals surface area (Å²) in [5, 5.41) is 33.1. The molecule has 0 saturated heterocycles. The Labute approximate surface area is 194 Å². The van der Waals surface area contributed by atoms with Crippen LogP contribution in [0.2, 0.25) is 0 Å². The summed E-state index contributed by atoms with van der Waals surface area (Å²) in [4.78, 5) is 37.6. The standard InChI is InChI=1S/C24H20N6O4/c25-12-11-24(34)18-13-17(28-22(32)26-15-7-3-1-4-8-15)14-19(20(18)30-21(24)31)29-23(33)27-16-9-5-2-6-10-16/h1-10,13-14,34H,11H2,(H,30,31)(H2,26,28,32)(H2,27,29,33). The molecule has 0 aliphatic carbocycles. The smallest absolute Gasteiger partial charge is 0.323 e. The lowest BCUT2D eigenvalue weighted by atomic mass is 9.91. The second kappa shape index (κ2) is 9.32. The quantitative estimate of drug-likeness (QED) is 0.342. The van der Waals surface area contributed by atoms with Crippen molar-refractivity contribution in [1.29, 1.82) is 5.26 Å². The van der Waals surface area contributed by atoms with Gasteiger partial charge in [-0.2, -0.15) is 5.26 Å². The number of hydrogen-bond acceptors (Lipinski definition) is 5. The number of urea groups is 2. The van der Waals surface area contributed by atoms with Gasteiger partial charge in [-0.3, -0.25) is 4.79 Å². The van der Waals surface area contributed by atoms with Gasteiger partial charge in [0.1, 0.15) is 0 Å². The number of fused-ring (bicyclic) bond motifs is 1. The van der Waals surface area contributed by atoms with Crippen molar-refractivity contribution < 1.29 is 19.5 Å². The van der Waals surface area contributed by atoms with E-state index in [1.807, 2.05) is 6.07 Å². The lowest BCUT2D eigenvalue weighted by Crippen LogP contribution is -2.33. The van der Waals surface area contributed by atoms with E-state index in [1.54, 1.807) is 60.7 Å². The van der Waals surface area contributed by atoms with E-state index in [1.165, 1.54) is 12.1 Å². The van der Waals surface area contributed by atoms with E-state index in [0.29, 0.717) is 11.4 Å². The molecule has 0 fully saturated rings. The molecule has 3 aromatic rings. The Morgan fingerprint density at radius 1 is 0.853 bits per heavy atom. The number of carbonyl (C=O) groups excluding carboxylic acids is 3. The Morgan fingerprint density at radius 2 is 1.38 bits per heavy atom. The lowest BCUT2D eigenvalue weighted by Gasteiger charge is -2.19. The summed E-state index contributed by atoms with van der Waals surface area (Å²) in [5.41, 5.74) is -0.521. The molecule has 10 heteroatoms. The number of nitrogens with zero attached hydrogens (tertiary/aromatic N) is 1. The first-order valence-corrected chi connectivity index (χ1v) is 10.2. The molecule has 34 heavy (non-hydrogen) atoms. The molecule has 6 N–H and O–H groups in total. The summed E-state index contributed by atoms with van der Waals surface area (Å²) in [5.74, 6) is -0.804. The molecule has 10 nitrogen and oxygen atoms in total. The fraction of sp³-hybridized carbons (Fsp3) is 0.0833. The average molecular weight is 456 g/mol. The third kappa shape index (κ3) is 4.64. The van der Waals surface area contributed by atoms with Gasteiger partial charge in [0.2, 0.25) is 0 Å². The summed E-state index contributed by atoms with van der Waals surface area (Å²) in [6.07, 6.45) is -0.513. The summed E-state index contributed by atoms with van der Waals surface area (Å²) in [7, 11) is 0. The number of anilines is 5. The predicted molar refractivity (Wildman–Crippen MR) is 127 cm³/mol. The zero-order valence-electron chi connectivity index (χ0n) is 17.8. The van der Waals surface area contributed by atoms with Gasteiger partial charge in [0, 0.05) is 22.6 Å². The molecule has 170 valence electrons. The van der Waals surface area contributed by atoms with Gasteiger partial charge in [0.15, 0.2) is 5.60 Å². The number of hydrogen-bond donors (Lipinski definition) is 6. The van der Waals surface area contributed by atoms with E-state index in [9.17, 15) is 19.5 Å². The van der Waals surface area contributed by atoms with Crippen molar-refractivity contribution in [1.82, 2.24) is 0 Å². The minimum atomic E-state index is -2.13. The largest absolute Gasteiger partial charge is 0.374 e. The number of amides is 5. The van der Waals surface area contributed by atoms with Gasteiger partial charge < -0.3 is 31.7 Å². The molecule has 4 rings (SSSR count). The molecule has 1 aliphatic rings. The first-order chi connectivity index (χ1) is 16.4. The highest BCUT2D eigenvalue weighted by molar-refractivity contribution is 6.12. The summed E-state index contributed by atoms with van der Waals surface area (Å²) >= 11 is 0. The van der Waals surface area contributed by atoms with Crippen LogP contribution in [0.3, 0.4) is 0 Å². The van der Waals surface area contributed by atoms with Gasteiger partial charge in [-0.25, -0.2) is 9.59 Å². The SMILES string of the molecule is N#CCC1(O)C(=O)Nc2c(NC(=O)Nc3ccccc3)cc(NC(=O)Nc3ccccc3)cc21. The molecule has 1 heterocycles. The molecule has 0 bridgehead atoms. The highest BCUT2D eigenvalue weighted by Crippen LogP contribution is 2.44. The van der Waals surface area contributed by atoms with Crippen LogP contribution in [0.5, 0.6) is 0 Å². The summed E-state index contributed by atoms with van der Waals surface area (Å²) in [6, 6.07) is 20.9. The van der Waals surface area contributed by atoms with Crippen LogP contribution in [0.4, 0.5) is 38.0 Å². The van der Waals surface area contributed by atoms with Crippen molar-refractivity contribution in [2.45, 2.75) is 12.0 Å². The van der Waals surface area contributed by atoms with Gasteiger partial charge in [-0.1, -0.05) is 36.4 Å². The van der Waals surface area contributed by atoms with Crippen LogP contribution in [0.25, 0.3) is 0 Å². The van der Waals surface area contributed by atoms with Crippen LogP contribution in [0.1, 0.15) is 12.0 Å². The number of nitrogens with one attached hydrogen (secondary N) is 5. The second-order valence-corrected chi connectivity index (χ2v) is 7.49. The minimum absolute atomic E-state index is 0.0616. The molecule has 1 aliphatic heterocycles. The molecular formula is C24H20N6O4. The van der Waals surface area contributed by atoms with Crippen molar-refractivity contribution in [3.05, 3.63) is 78.4 Å². The first kappa shape index (κ1) is 22.3. The van der Waals surface area contributed by atoms with E-state index in [4.69, 9.17) is 5.26 Å². The Kier molecular flexibility index (Phi) is 6.11. The molecule has 0 saturated carbocycles. The third-order valence-electron chi connectivity index (χ3n) is 5.10. The molecule has 0 radical (unpaired) electrons. The van der Waals surface area contributed by atoms with Crippen LogP contribution in [0.15, 0.2) is 72.8 Å². The van der Waals surface area contributed by atoms with Crippen molar-refractivity contribution in [3.8, 4) is 6.07 Å². The maximum Gasteiger partial charge on any atom is 0.323 e. The number of nitriles is 1. The van der Waals surface area contributed by atoms with Crippen LogP contribution in [-0.2, 0) is 10.4 Å². The van der Waals surface area contributed by atoms with Gasteiger partial charge in [-0.15, -0.1) is 0 Å². The highest BCUT2D eigenvalue weighted by Gasteiger charge is 2.46. The van der Waals surface area contributed by atoms with Gasteiger partial charge in [0.25, 0.3) is 5.91 Å². The van der Waals surface area contributed by atoms with Crippen molar-refractivity contribution in [2.75, 3.05) is 26.6 Å².